The molecule has 2 fully saturated rings. The molecule has 0 spiro atoms. The van der Waals surface area contributed by atoms with Gasteiger partial charge in [-0.25, -0.2) is 4.90 Å². The predicted molar refractivity (Wildman–Crippen MR) is 128 cm³/mol. The fraction of sp³-hybridized carbons (Fsp3) is 0.333. The third-order valence-electron chi connectivity index (χ3n) is 6.96. The highest BCUT2D eigenvalue weighted by Gasteiger charge is 2.48. The van der Waals surface area contributed by atoms with Gasteiger partial charge in [-0.3, -0.25) is 19.2 Å². The van der Waals surface area contributed by atoms with E-state index in [1.165, 1.54) is 11.0 Å². The quantitative estimate of drug-likeness (QED) is 0.285. The van der Waals surface area contributed by atoms with Gasteiger partial charge in [-0.05, 0) is 56.2 Å². The van der Waals surface area contributed by atoms with Gasteiger partial charge in [-0.2, -0.15) is 0 Å². The minimum absolute atomic E-state index is 0.0450. The number of carbonyl (C=O) groups excluding carboxylic acids is 4. The van der Waals surface area contributed by atoms with Gasteiger partial charge in [0.05, 0.1) is 30.6 Å². The van der Waals surface area contributed by atoms with Gasteiger partial charge >= 0.3 is 5.97 Å². The van der Waals surface area contributed by atoms with Gasteiger partial charge in [-0.15, -0.1) is 0 Å². The molecule has 0 aromatic heterocycles. The van der Waals surface area contributed by atoms with E-state index in [0.717, 1.165) is 5.57 Å². The highest BCUT2D eigenvalue weighted by atomic mass is 16.5. The summed E-state index contributed by atoms with van der Waals surface area (Å²) in [5.41, 5.74) is 2.19. The number of rotatable bonds is 5. The SMILES string of the molecule is COc1ccc(N2C[C@H](C(=O)Oc3cccc(N4C(=O)[C@H]5CC=C(C)C[C@@H]5C4=O)c3)CC2=O)cc1. The second kappa shape index (κ2) is 9.02. The van der Waals surface area contributed by atoms with Crippen molar-refractivity contribution in [2.45, 2.75) is 26.2 Å². The van der Waals surface area contributed by atoms with Crippen molar-refractivity contribution in [3.05, 3.63) is 60.2 Å². The highest BCUT2D eigenvalue weighted by molar-refractivity contribution is 6.22. The number of nitrogens with zero attached hydrogens (tertiary/aromatic N) is 2. The molecule has 8 heteroatoms. The van der Waals surface area contributed by atoms with Crippen molar-refractivity contribution in [2.24, 2.45) is 17.8 Å². The van der Waals surface area contributed by atoms with Crippen LogP contribution in [0.4, 0.5) is 11.4 Å². The molecule has 0 radical (unpaired) electrons. The molecule has 2 heterocycles. The lowest BCUT2D eigenvalue weighted by atomic mass is 9.82. The number of carbonyl (C=O) groups is 4. The van der Waals surface area contributed by atoms with E-state index in [4.69, 9.17) is 9.47 Å². The van der Waals surface area contributed by atoms with Crippen LogP contribution < -0.4 is 19.3 Å². The van der Waals surface area contributed by atoms with E-state index in [1.807, 2.05) is 13.0 Å². The van der Waals surface area contributed by atoms with Crippen LogP contribution in [0.3, 0.4) is 0 Å². The minimum Gasteiger partial charge on any atom is -0.497 e. The lowest BCUT2D eigenvalue weighted by Gasteiger charge is -2.18. The fourth-order valence-electron chi connectivity index (χ4n) is 5.05. The van der Waals surface area contributed by atoms with Gasteiger partial charge in [-0.1, -0.05) is 17.7 Å². The van der Waals surface area contributed by atoms with Crippen LogP contribution in [0.1, 0.15) is 26.2 Å². The Balaban J connectivity index is 1.28. The first-order valence-electron chi connectivity index (χ1n) is 11.7. The third-order valence-corrected chi connectivity index (χ3v) is 6.96. The van der Waals surface area contributed by atoms with Crippen LogP contribution in [0.2, 0.25) is 0 Å². The summed E-state index contributed by atoms with van der Waals surface area (Å²) in [6, 6.07) is 13.5. The first-order valence-corrected chi connectivity index (χ1v) is 11.7. The van der Waals surface area contributed by atoms with Crippen LogP contribution in [-0.4, -0.2) is 37.3 Å². The molecule has 0 unspecified atom stereocenters. The normalized spacial score (nSPS) is 23.9. The van der Waals surface area contributed by atoms with Crippen molar-refractivity contribution in [1.29, 1.82) is 0 Å². The second-order valence-electron chi connectivity index (χ2n) is 9.24. The Labute approximate surface area is 203 Å². The molecule has 8 nitrogen and oxygen atoms in total. The lowest BCUT2D eigenvalue weighted by Crippen LogP contribution is -2.31. The molecule has 0 saturated carbocycles. The van der Waals surface area contributed by atoms with Gasteiger partial charge in [0.15, 0.2) is 0 Å². The third kappa shape index (κ3) is 4.20. The number of anilines is 2. The number of fused-ring (bicyclic) bond motifs is 1. The van der Waals surface area contributed by atoms with Crippen molar-refractivity contribution in [2.75, 3.05) is 23.5 Å². The van der Waals surface area contributed by atoms with Crippen molar-refractivity contribution >= 4 is 35.1 Å². The van der Waals surface area contributed by atoms with Crippen molar-refractivity contribution in [3.63, 3.8) is 0 Å². The average Bonchev–Trinajstić information content (AvgIpc) is 3.36. The Morgan fingerprint density at radius 3 is 2.40 bits per heavy atom. The molecule has 2 aromatic carbocycles. The summed E-state index contributed by atoms with van der Waals surface area (Å²) in [5, 5.41) is 0. The number of ether oxygens (including phenoxy) is 2. The number of allylic oxidation sites excluding steroid dienone is 2. The largest absolute Gasteiger partial charge is 0.497 e. The molecule has 2 aromatic rings. The molecule has 3 aliphatic rings. The highest BCUT2D eigenvalue weighted by Crippen LogP contribution is 2.40. The van der Waals surface area contributed by atoms with Gasteiger partial charge in [0.2, 0.25) is 17.7 Å². The standard InChI is InChI=1S/C27H26N2O6/c1-16-6-11-22-23(12-16)26(32)29(25(22)31)19-4-3-5-21(14-19)35-27(33)17-13-24(30)28(15-17)18-7-9-20(34-2)10-8-18/h3-10,14,17,22-23H,11-13,15H2,1-2H3/t17-,22+,23+/m1/s1. The Kier molecular flexibility index (Phi) is 5.88. The number of methoxy groups -OCH3 is 1. The van der Waals surface area contributed by atoms with Crippen LogP contribution in [0.5, 0.6) is 11.5 Å². The number of amides is 3. The van der Waals surface area contributed by atoms with Crippen LogP contribution in [0.25, 0.3) is 0 Å². The van der Waals surface area contributed by atoms with E-state index in [1.54, 1.807) is 54.5 Å². The van der Waals surface area contributed by atoms with Crippen molar-refractivity contribution < 1.29 is 28.7 Å². The first-order chi connectivity index (χ1) is 16.9. The zero-order valence-electron chi connectivity index (χ0n) is 19.6. The van der Waals surface area contributed by atoms with Gasteiger partial charge in [0.1, 0.15) is 11.5 Å². The fourth-order valence-corrected chi connectivity index (χ4v) is 5.05. The summed E-state index contributed by atoms with van der Waals surface area (Å²) in [6.07, 6.45) is 3.21. The van der Waals surface area contributed by atoms with E-state index >= 15 is 0 Å². The predicted octanol–water partition coefficient (Wildman–Crippen LogP) is 3.50. The van der Waals surface area contributed by atoms with Gasteiger partial charge in [0, 0.05) is 24.7 Å². The van der Waals surface area contributed by atoms with E-state index < -0.39 is 11.9 Å². The molecule has 1 aliphatic carbocycles. The monoisotopic (exact) mass is 474 g/mol. The minimum atomic E-state index is -0.625. The Morgan fingerprint density at radius 2 is 1.66 bits per heavy atom. The lowest BCUT2D eigenvalue weighted by molar-refractivity contribution is -0.139. The number of imide groups is 1. The van der Waals surface area contributed by atoms with E-state index in [-0.39, 0.29) is 48.3 Å². The van der Waals surface area contributed by atoms with Crippen LogP contribution in [0.15, 0.2) is 60.2 Å². The number of benzene rings is 2. The van der Waals surface area contributed by atoms with Crippen LogP contribution in [-0.2, 0) is 19.2 Å². The molecule has 2 saturated heterocycles. The summed E-state index contributed by atoms with van der Waals surface area (Å²) >= 11 is 0. The molecule has 0 N–H and O–H groups in total. The van der Waals surface area contributed by atoms with Crippen molar-refractivity contribution in [3.8, 4) is 11.5 Å². The smallest absolute Gasteiger partial charge is 0.316 e. The molecular formula is C27H26N2O6. The maximum absolute atomic E-state index is 13.0. The zero-order chi connectivity index (χ0) is 24.7. The average molecular weight is 475 g/mol. The molecule has 3 atom stereocenters. The van der Waals surface area contributed by atoms with Gasteiger partial charge in [0.25, 0.3) is 0 Å². The molecule has 180 valence electrons. The molecule has 5 rings (SSSR count). The summed E-state index contributed by atoms with van der Waals surface area (Å²) < 4.78 is 10.7. The molecule has 3 amide bonds. The Hall–Kier alpha value is -3.94. The number of hydrogen-bond donors (Lipinski definition) is 0. The summed E-state index contributed by atoms with van der Waals surface area (Å²) in [7, 11) is 1.57. The molecule has 2 aliphatic heterocycles. The number of esters is 1. The van der Waals surface area contributed by atoms with E-state index in [2.05, 4.69) is 0 Å². The topological polar surface area (TPSA) is 93.2 Å². The number of hydrogen-bond acceptors (Lipinski definition) is 6. The summed E-state index contributed by atoms with van der Waals surface area (Å²) in [6.45, 7) is 2.18. The Morgan fingerprint density at radius 1 is 0.914 bits per heavy atom. The van der Waals surface area contributed by atoms with E-state index in [9.17, 15) is 19.2 Å². The second-order valence-corrected chi connectivity index (χ2v) is 9.24. The molecule has 35 heavy (non-hydrogen) atoms. The Bertz CT molecular complexity index is 1230. The van der Waals surface area contributed by atoms with Crippen LogP contribution >= 0.6 is 0 Å². The maximum Gasteiger partial charge on any atom is 0.316 e. The summed E-state index contributed by atoms with van der Waals surface area (Å²) in [5.74, 6) is -1.52. The zero-order valence-corrected chi connectivity index (χ0v) is 19.6. The molecule has 0 bridgehead atoms. The van der Waals surface area contributed by atoms with E-state index in [0.29, 0.717) is 30.0 Å². The summed E-state index contributed by atoms with van der Waals surface area (Å²) in [4.78, 5) is 54.1. The van der Waals surface area contributed by atoms with Gasteiger partial charge < -0.3 is 14.4 Å². The van der Waals surface area contributed by atoms with Crippen molar-refractivity contribution in [1.82, 2.24) is 0 Å². The maximum atomic E-state index is 13.0. The van der Waals surface area contributed by atoms with Crippen LogP contribution in [0, 0.1) is 17.8 Å². The first kappa shape index (κ1) is 22.8. The molecular weight excluding hydrogens is 448 g/mol.